The van der Waals surface area contributed by atoms with Crippen molar-refractivity contribution < 1.29 is 9.21 Å². The molecule has 3 aromatic rings. The van der Waals surface area contributed by atoms with Crippen molar-refractivity contribution in [2.45, 2.75) is 20.0 Å². The normalized spacial score (nSPS) is 14.7. The predicted octanol–water partition coefficient (Wildman–Crippen LogP) is 3.24. The molecule has 4 rings (SSSR count). The third-order valence-corrected chi connectivity index (χ3v) is 5.27. The maximum atomic E-state index is 12.3. The second-order valence-corrected chi connectivity index (χ2v) is 7.34. The molecule has 2 heterocycles. The largest absolute Gasteiger partial charge is 0.447 e. The van der Waals surface area contributed by atoms with Gasteiger partial charge in [0, 0.05) is 38.4 Å². The van der Waals surface area contributed by atoms with Crippen LogP contribution in [0.4, 0.5) is 5.69 Å². The molecular formula is C23H26N4O2. The summed E-state index contributed by atoms with van der Waals surface area (Å²) in [5, 5.41) is 2.88. The number of aromatic nitrogens is 1. The second kappa shape index (κ2) is 8.92. The molecule has 2 aromatic carbocycles. The number of benzene rings is 2. The third-order valence-electron chi connectivity index (χ3n) is 5.27. The predicted molar refractivity (Wildman–Crippen MR) is 113 cm³/mol. The maximum Gasteiger partial charge on any atom is 0.273 e. The summed E-state index contributed by atoms with van der Waals surface area (Å²) in [5.41, 5.74) is 3.99. The van der Waals surface area contributed by atoms with Gasteiger partial charge in [0.25, 0.3) is 5.91 Å². The Hall–Kier alpha value is -3.12. The van der Waals surface area contributed by atoms with Gasteiger partial charge in [-0.1, -0.05) is 48.5 Å². The van der Waals surface area contributed by atoms with Gasteiger partial charge in [0.05, 0.1) is 6.54 Å². The summed E-state index contributed by atoms with van der Waals surface area (Å²) >= 11 is 0. The lowest BCUT2D eigenvalue weighted by atomic mass is 10.1. The monoisotopic (exact) mass is 390 g/mol. The highest BCUT2D eigenvalue weighted by atomic mass is 16.3. The molecule has 0 radical (unpaired) electrons. The van der Waals surface area contributed by atoms with Crippen LogP contribution in [0.25, 0.3) is 0 Å². The topological polar surface area (TPSA) is 61.6 Å². The number of hydrogen-bond donors (Lipinski definition) is 1. The number of carbonyl (C=O) groups is 1. The number of nitrogens with one attached hydrogen (secondary N) is 1. The van der Waals surface area contributed by atoms with Crippen molar-refractivity contribution in [3.63, 3.8) is 0 Å². The molecule has 1 aromatic heterocycles. The van der Waals surface area contributed by atoms with E-state index in [1.54, 1.807) is 0 Å². The Labute approximate surface area is 171 Å². The van der Waals surface area contributed by atoms with Crippen LogP contribution in [-0.2, 0) is 13.1 Å². The van der Waals surface area contributed by atoms with Crippen molar-refractivity contribution >= 4 is 11.6 Å². The van der Waals surface area contributed by atoms with Gasteiger partial charge in [-0.05, 0) is 24.1 Å². The van der Waals surface area contributed by atoms with E-state index in [0.29, 0.717) is 24.7 Å². The molecule has 1 aliphatic rings. The van der Waals surface area contributed by atoms with Gasteiger partial charge < -0.3 is 14.6 Å². The zero-order valence-electron chi connectivity index (χ0n) is 16.7. The van der Waals surface area contributed by atoms with Crippen LogP contribution < -0.4 is 10.2 Å². The van der Waals surface area contributed by atoms with Gasteiger partial charge in [-0.2, -0.15) is 0 Å². The zero-order chi connectivity index (χ0) is 20.1. The van der Waals surface area contributed by atoms with Crippen molar-refractivity contribution in [3.05, 3.63) is 83.6 Å². The molecular weight excluding hydrogens is 364 g/mol. The zero-order valence-corrected chi connectivity index (χ0v) is 16.7. The van der Waals surface area contributed by atoms with Gasteiger partial charge in [-0.3, -0.25) is 9.69 Å². The first kappa shape index (κ1) is 19.2. The Balaban J connectivity index is 1.27. The van der Waals surface area contributed by atoms with E-state index in [9.17, 15) is 4.79 Å². The van der Waals surface area contributed by atoms with Crippen LogP contribution in [0.1, 0.15) is 27.5 Å². The summed E-state index contributed by atoms with van der Waals surface area (Å²) < 4.78 is 5.54. The van der Waals surface area contributed by atoms with Crippen LogP contribution in [0.15, 0.2) is 65.3 Å². The van der Waals surface area contributed by atoms with Crippen molar-refractivity contribution in [3.8, 4) is 0 Å². The molecule has 1 N–H and O–H groups in total. The number of amides is 1. The molecule has 1 aliphatic heterocycles. The Morgan fingerprint density at radius 2 is 1.76 bits per heavy atom. The molecule has 0 spiro atoms. The molecule has 1 fully saturated rings. The highest BCUT2D eigenvalue weighted by molar-refractivity contribution is 5.91. The molecule has 1 amide bonds. The minimum Gasteiger partial charge on any atom is -0.447 e. The van der Waals surface area contributed by atoms with E-state index < -0.39 is 0 Å². The van der Waals surface area contributed by atoms with Crippen LogP contribution in [0, 0.1) is 6.92 Å². The lowest BCUT2D eigenvalue weighted by Gasteiger charge is -2.36. The maximum absolute atomic E-state index is 12.3. The van der Waals surface area contributed by atoms with Crippen LogP contribution in [0.2, 0.25) is 0 Å². The number of carbonyl (C=O) groups excluding carboxylic acids is 1. The van der Waals surface area contributed by atoms with E-state index in [1.807, 2.05) is 30.3 Å². The Morgan fingerprint density at radius 3 is 2.52 bits per heavy atom. The van der Waals surface area contributed by atoms with Crippen LogP contribution in [0.5, 0.6) is 0 Å². The van der Waals surface area contributed by atoms with Gasteiger partial charge in [-0.25, -0.2) is 4.98 Å². The highest BCUT2D eigenvalue weighted by Crippen LogP contribution is 2.21. The van der Waals surface area contributed by atoms with Crippen molar-refractivity contribution in [1.29, 1.82) is 0 Å². The summed E-state index contributed by atoms with van der Waals surface area (Å²) in [5.74, 6) is 0.368. The lowest BCUT2D eigenvalue weighted by molar-refractivity contribution is 0.0946. The third kappa shape index (κ3) is 4.84. The molecule has 1 saturated heterocycles. The standard InChI is InChI=1S/C23H26N4O2/c1-18-7-5-6-10-21(18)27-13-11-26(12-14-27)16-22-25-20(17-29-22)23(28)24-15-19-8-3-2-4-9-19/h2-10,17H,11-16H2,1H3,(H,24,28). The molecule has 0 unspecified atom stereocenters. The Kier molecular flexibility index (Phi) is 5.91. The molecule has 6 nitrogen and oxygen atoms in total. The van der Waals surface area contributed by atoms with Gasteiger partial charge in [0.1, 0.15) is 6.26 Å². The number of hydrogen-bond acceptors (Lipinski definition) is 5. The smallest absolute Gasteiger partial charge is 0.273 e. The second-order valence-electron chi connectivity index (χ2n) is 7.34. The minimum atomic E-state index is -0.215. The number of piperazine rings is 1. The molecule has 0 bridgehead atoms. The molecule has 150 valence electrons. The van der Waals surface area contributed by atoms with Crippen molar-refractivity contribution in [2.75, 3.05) is 31.1 Å². The molecule has 0 atom stereocenters. The quantitative estimate of drug-likeness (QED) is 0.700. The van der Waals surface area contributed by atoms with Gasteiger partial charge in [-0.15, -0.1) is 0 Å². The minimum absolute atomic E-state index is 0.215. The van der Waals surface area contributed by atoms with E-state index in [-0.39, 0.29) is 5.91 Å². The summed E-state index contributed by atoms with van der Waals surface area (Å²) in [6, 6.07) is 18.3. The summed E-state index contributed by atoms with van der Waals surface area (Å²) in [7, 11) is 0. The van der Waals surface area contributed by atoms with Gasteiger partial charge in [0.2, 0.25) is 5.89 Å². The van der Waals surface area contributed by atoms with Crippen LogP contribution in [0.3, 0.4) is 0 Å². The fourth-order valence-corrected chi connectivity index (χ4v) is 3.61. The van der Waals surface area contributed by atoms with E-state index >= 15 is 0 Å². The van der Waals surface area contributed by atoms with E-state index in [1.165, 1.54) is 17.5 Å². The first-order chi connectivity index (χ1) is 14.2. The fourth-order valence-electron chi connectivity index (χ4n) is 3.61. The van der Waals surface area contributed by atoms with E-state index in [0.717, 1.165) is 31.7 Å². The Bertz CT molecular complexity index is 946. The average Bonchev–Trinajstić information content (AvgIpc) is 3.22. The Morgan fingerprint density at radius 1 is 1.03 bits per heavy atom. The van der Waals surface area contributed by atoms with Gasteiger partial charge >= 0.3 is 0 Å². The van der Waals surface area contributed by atoms with Crippen molar-refractivity contribution in [2.24, 2.45) is 0 Å². The summed E-state index contributed by atoms with van der Waals surface area (Å²) in [6.45, 7) is 7.06. The lowest BCUT2D eigenvalue weighted by Crippen LogP contribution is -2.46. The number of aryl methyl sites for hydroxylation is 1. The fraction of sp³-hybridized carbons (Fsp3) is 0.304. The van der Waals surface area contributed by atoms with E-state index in [4.69, 9.17) is 4.42 Å². The van der Waals surface area contributed by atoms with Crippen molar-refractivity contribution in [1.82, 2.24) is 15.2 Å². The van der Waals surface area contributed by atoms with Crippen LogP contribution >= 0.6 is 0 Å². The summed E-state index contributed by atoms with van der Waals surface area (Å²) in [4.78, 5) is 21.4. The molecule has 29 heavy (non-hydrogen) atoms. The number of nitrogens with zero attached hydrogens (tertiary/aromatic N) is 3. The highest BCUT2D eigenvalue weighted by Gasteiger charge is 2.20. The first-order valence-corrected chi connectivity index (χ1v) is 9.98. The number of rotatable bonds is 6. The number of anilines is 1. The molecule has 0 saturated carbocycles. The summed E-state index contributed by atoms with van der Waals surface area (Å²) in [6.07, 6.45) is 1.44. The number of para-hydroxylation sites is 1. The first-order valence-electron chi connectivity index (χ1n) is 9.98. The average molecular weight is 390 g/mol. The number of oxazole rings is 1. The van der Waals surface area contributed by atoms with E-state index in [2.05, 4.69) is 51.3 Å². The molecule has 0 aliphatic carbocycles. The SMILES string of the molecule is Cc1ccccc1N1CCN(Cc2nc(C(=O)NCc3ccccc3)co2)CC1. The molecule has 6 heteroatoms. The van der Waals surface area contributed by atoms with Crippen LogP contribution in [-0.4, -0.2) is 42.0 Å². The van der Waals surface area contributed by atoms with Gasteiger partial charge in [0.15, 0.2) is 5.69 Å².